The zero-order chi connectivity index (χ0) is 9.80. The summed E-state index contributed by atoms with van der Waals surface area (Å²) < 4.78 is 0. The number of piperidine rings is 1. The molecule has 0 aromatic rings. The third kappa shape index (κ3) is 2.98. The summed E-state index contributed by atoms with van der Waals surface area (Å²) in [7, 11) is 0. The summed E-state index contributed by atoms with van der Waals surface area (Å²) >= 11 is 0. The molecule has 1 heterocycles. The summed E-state index contributed by atoms with van der Waals surface area (Å²) in [6.07, 6.45) is 10.4. The Bertz CT molecular complexity index is 161. The third-order valence-corrected chi connectivity index (χ3v) is 4.11. The second-order valence-corrected chi connectivity index (χ2v) is 5.59. The molecular weight excluding hydrogens is 170 g/mol. The van der Waals surface area contributed by atoms with Crippen molar-refractivity contribution in [2.75, 3.05) is 13.1 Å². The van der Waals surface area contributed by atoms with Gasteiger partial charge in [0.2, 0.25) is 0 Å². The molecule has 0 radical (unpaired) electrons. The fourth-order valence-electron chi connectivity index (χ4n) is 3.37. The Morgan fingerprint density at radius 3 is 2.64 bits per heavy atom. The van der Waals surface area contributed by atoms with Gasteiger partial charge in [-0.15, -0.1) is 0 Å². The smallest absolute Gasteiger partial charge is 0.00204 e. The van der Waals surface area contributed by atoms with Crippen LogP contribution in [0, 0.1) is 17.8 Å². The van der Waals surface area contributed by atoms with Crippen LogP contribution >= 0.6 is 0 Å². The van der Waals surface area contributed by atoms with Gasteiger partial charge in [-0.2, -0.15) is 0 Å². The van der Waals surface area contributed by atoms with E-state index < -0.39 is 0 Å². The van der Waals surface area contributed by atoms with Crippen molar-refractivity contribution in [3.63, 3.8) is 0 Å². The van der Waals surface area contributed by atoms with Gasteiger partial charge in [0.05, 0.1) is 0 Å². The van der Waals surface area contributed by atoms with Gasteiger partial charge in [-0.25, -0.2) is 0 Å². The first-order valence-electron chi connectivity index (χ1n) is 6.55. The van der Waals surface area contributed by atoms with Gasteiger partial charge in [-0.1, -0.05) is 26.2 Å². The maximum absolute atomic E-state index is 3.54. The first-order valence-corrected chi connectivity index (χ1v) is 6.55. The third-order valence-electron chi connectivity index (χ3n) is 4.11. The second kappa shape index (κ2) is 5.16. The maximum atomic E-state index is 3.54. The SMILES string of the molecule is C[C@@H]1CCCC(CC2CCCNC2)C1. The summed E-state index contributed by atoms with van der Waals surface area (Å²) in [5, 5.41) is 3.54. The molecule has 3 atom stereocenters. The number of hydrogen-bond acceptors (Lipinski definition) is 1. The fraction of sp³-hybridized carbons (Fsp3) is 1.00. The van der Waals surface area contributed by atoms with E-state index in [2.05, 4.69) is 12.2 Å². The first-order chi connectivity index (χ1) is 6.84. The van der Waals surface area contributed by atoms with E-state index in [1.54, 1.807) is 0 Å². The minimum Gasteiger partial charge on any atom is -0.316 e. The van der Waals surface area contributed by atoms with Gasteiger partial charge >= 0.3 is 0 Å². The van der Waals surface area contributed by atoms with E-state index in [1.165, 1.54) is 58.0 Å². The van der Waals surface area contributed by atoms with Gasteiger partial charge in [-0.3, -0.25) is 0 Å². The Hall–Kier alpha value is -0.0400. The molecule has 1 nitrogen and oxygen atoms in total. The predicted molar refractivity (Wildman–Crippen MR) is 61.3 cm³/mol. The fourth-order valence-corrected chi connectivity index (χ4v) is 3.37. The van der Waals surface area contributed by atoms with Gasteiger partial charge < -0.3 is 5.32 Å². The lowest BCUT2D eigenvalue weighted by molar-refractivity contribution is 0.219. The summed E-state index contributed by atoms with van der Waals surface area (Å²) in [5.41, 5.74) is 0. The molecule has 1 saturated heterocycles. The largest absolute Gasteiger partial charge is 0.316 e. The summed E-state index contributed by atoms with van der Waals surface area (Å²) in [6, 6.07) is 0. The Morgan fingerprint density at radius 2 is 1.93 bits per heavy atom. The van der Waals surface area contributed by atoms with Gasteiger partial charge in [0, 0.05) is 0 Å². The van der Waals surface area contributed by atoms with Gasteiger partial charge in [0.15, 0.2) is 0 Å². The molecule has 1 aliphatic heterocycles. The van der Waals surface area contributed by atoms with Crippen molar-refractivity contribution < 1.29 is 0 Å². The maximum Gasteiger partial charge on any atom is -0.00204 e. The molecule has 0 aromatic heterocycles. The van der Waals surface area contributed by atoms with Crippen LogP contribution < -0.4 is 5.32 Å². The highest BCUT2D eigenvalue weighted by atomic mass is 14.9. The Balaban J connectivity index is 1.72. The summed E-state index contributed by atoms with van der Waals surface area (Å²) in [4.78, 5) is 0. The highest BCUT2D eigenvalue weighted by molar-refractivity contribution is 4.76. The van der Waals surface area contributed by atoms with Crippen LogP contribution in [-0.4, -0.2) is 13.1 Å². The first kappa shape index (κ1) is 10.5. The van der Waals surface area contributed by atoms with Crippen molar-refractivity contribution in [1.82, 2.24) is 5.32 Å². The highest BCUT2D eigenvalue weighted by Crippen LogP contribution is 2.33. The molecule has 1 heteroatoms. The van der Waals surface area contributed by atoms with Crippen molar-refractivity contribution in [2.24, 2.45) is 17.8 Å². The number of nitrogens with one attached hydrogen (secondary N) is 1. The number of hydrogen-bond donors (Lipinski definition) is 1. The second-order valence-electron chi connectivity index (χ2n) is 5.59. The number of rotatable bonds is 2. The van der Waals surface area contributed by atoms with Crippen LogP contribution in [0.4, 0.5) is 0 Å². The molecule has 2 rings (SSSR count). The van der Waals surface area contributed by atoms with Gasteiger partial charge in [0.25, 0.3) is 0 Å². The van der Waals surface area contributed by atoms with Crippen molar-refractivity contribution in [3.8, 4) is 0 Å². The molecule has 2 unspecified atom stereocenters. The van der Waals surface area contributed by atoms with E-state index in [0.29, 0.717) is 0 Å². The molecule has 82 valence electrons. The lowest BCUT2D eigenvalue weighted by Crippen LogP contribution is -2.31. The predicted octanol–water partition coefficient (Wildman–Crippen LogP) is 3.20. The topological polar surface area (TPSA) is 12.0 Å². The summed E-state index contributed by atoms with van der Waals surface area (Å²) in [6.45, 7) is 4.99. The molecule has 0 aromatic carbocycles. The van der Waals surface area contributed by atoms with E-state index in [-0.39, 0.29) is 0 Å². The lowest BCUT2D eigenvalue weighted by atomic mass is 9.77. The van der Waals surface area contributed by atoms with E-state index >= 15 is 0 Å². The van der Waals surface area contributed by atoms with Crippen molar-refractivity contribution in [1.29, 1.82) is 0 Å². The zero-order valence-electron chi connectivity index (χ0n) is 9.60. The average Bonchev–Trinajstić information content (AvgIpc) is 2.19. The van der Waals surface area contributed by atoms with Crippen molar-refractivity contribution >= 4 is 0 Å². The zero-order valence-corrected chi connectivity index (χ0v) is 9.60. The van der Waals surface area contributed by atoms with Crippen LogP contribution in [-0.2, 0) is 0 Å². The highest BCUT2D eigenvalue weighted by Gasteiger charge is 2.23. The van der Waals surface area contributed by atoms with Crippen molar-refractivity contribution in [2.45, 2.75) is 51.9 Å². The van der Waals surface area contributed by atoms with E-state index in [0.717, 1.165) is 17.8 Å². The quantitative estimate of drug-likeness (QED) is 0.713. The van der Waals surface area contributed by atoms with E-state index in [4.69, 9.17) is 0 Å². The molecule has 1 N–H and O–H groups in total. The van der Waals surface area contributed by atoms with Crippen LogP contribution in [0.15, 0.2) is 0 Å². The molecule has 0 spiro atoms. The minimum absolute atomic E-state index is 0.999. The summed E-state index contributed by atoms with van der Waals surface area (Å²) in [5.74, 6) is 3.06. The average molecular weight is 195 g/mol. The normalized spacial score (nSPS) is 39.6. The minimum atomic E-state index is 0.999. The van der Waals surface area contributed by atoms with Crippen molar-refractivity contribution in [3.05, 3.63) is 0 Å². The molecule has 2 fully saturated rings. The van der Waals surface area contributed by atoms with Crippen LogP contribution in [0.1, 0.15) is 51.9 Å². The molecule has 1 saturated carbocycles. The molecule has 2 aliphatic rings. The van der Waals surface area contributed by atoms with Crippen LogP contribution in [0.25, 0.3) is 0 Å². The van der Waals surface area contributed by atoms with Crippen LogP contribution in [0.3, 0.4) is 0 Å². The van der Waals surface area contributed by atoms with Gasteiger partial charge in [-0.05, 0) is 56.5 Å². The molecule has 14 heavy (non-hydrogen) atoms. The molecule has 0 bridgehead atoms. The monoisotopic (exact) mass is 195 g/mol. The van der Waals surface area contributed by atoms with Crippen LogP contribution in [0.5, 0.6) is 0 Å². The van der Waals surface area contributed by atoms with E-state index in [1.807, 2.05) is 0 Å². The molecule has 0 amide bonds. The molecular formula is C13H25N. The van der Waals surface area contributed by atoms with Gasteiger partial charge in [0.1, 0.15) is 0 Å². The lowest BCUT2D eigenvalue weighted by Gasteiger charge is -2.31. The Kier molecular flexibility index (Phi) is 3.86. The molecule has 1 aliphatic carbocycles. The van der Waals surface area contributed by atoms with E-state index in [9.17, 15) is 0 Å². The van der Waals surface area contributed by atoms with Crippen LogP contribution in [0.2, 0.25) is 0 Å². The Morgan fingerprint density at radius 1 is 1.07 bits per heavy atom. The Labute approximate surface area is 88.7 Å². The standard InChI is InChI=1S/C13H25N/c1-11-4-2-5-12(8-11)9-13-6-3-7-14-10-13/h11-14H,2-10H2,1H3/t11-,12?,13?/m1/s1.